The minimum Gasteiger partial charge on any atom is -0.310 e. The van der Waals surface area contributed by atoms with Crippen LogP contribution in [0.3, 0.4) is 0 Å². The lowest BCUT2D eigenvalue weighted by molar-refractivity contribution is -0.137. The first kappa shape index (κ1) is 15.1. The van der Waals surface area contributed by atoms with Crippen molar-refractivity contribution in [1.82, 2.24) is 5.32 Å². The summed E-state index contributed by atoms with van der Waals surface area (Å²) in [7, 11) is 0. The summed E-state index contributed by atoms with van der Waals surface area (Å²) in [5, 5.41) is 3.37. The van der Waals surface area contributed by atoms with Gasteiger partial charge in [0, 0.05) is 12.6 Å². The number of alkyl halides is 3. The molecule has 2 rings (SSSR count). The Morgan fingerprint density at radius 3 is 2.50 bits per heavy atom. The van der Waals surface area contributed by atoms with Gasteiger partial charge in [-0.25, -0.2) is 0 Å². The zero-order valence-corrected chi connectivity index (χ0v) is 11.8. The first-order valence-electron chi connectivity index (χ1n) is 6.98. The van der Waals surface area contributed by atoms with Gasteiger partial charge in [-0.05, 0) is 30.4 Å². The van der Waals surface area contributed by atoms with Crippen LogP contribution < -0.4 is 5.32 Å². The molecule has 20 heavy (non-hydrogen) atoms. The summed E-state index contributed by atoms with van der Waals surface area (Å²) < 4.78 is 38.9. The Bertz CT molecular complexity index is 485. The number of hydrogen-bond donors (Lipinski definition) is 1. The minimum atomic E-state index is -4.31. The van der Waals surface area contributed by atoms with Gasteiger partial charge < -0.3 is 5.32 Å². The number of nitrogens with one attached hydrogen (secondary N) is 1. The molecule has 4 heteroatoms. The van der Waals surface area contributed by atoms with Crippen molar-refractivity contribution in [2.75, 3.05) is 6.54 Å². The van der Waals surface area contributed by atoms with Crippen molar-refractivity contribution in [2.45, 2.75) is 38.9 Å². The van der Waals surface area contributed by atoms with E-state index in [1.54, 1.807) is 12.1 Å². The van der Waals surface area contributed by atoms with Gasteiger partial charge in [0.05, 0.1) is 5.56 Å². The lowest BCUT2D eigenvalue weighted by Gasteiger charge is -2.15. The predicted molar refractivity (Wildman–Crippen MR) is 75.3 cm³/mol. The maximum absolute atomic E-state index is 13.0. The average molecular weight is 283 g/mol. The Hall–Kier alpha value is -1.29. The summed E-state index contributed by atoms with van der Waals surface area (Å²) in [4.78, 5) is 0. The van der Waals surface area contributed by atoms with Crippen LogP contribution in [0.15, 0.2) is 29.8 Å². The third-order valence-electron chi connectivity index (χ3n) is 3.52. The van der Waals surface area contributed by atoms with Crippen molar-refractivity contribution < 1.29 is 13.2 Å². The Balaban J connectivity index is 2.25. The molecule has 0 heterocycles. The van der Waals surface area contributed by atoms with E-state index in [0.29, 0.717) is 12.6 Å². The van der Waals surface area contributed by atoms with E-state index in [1.165, 1.54) is 25.0 Å². The molecule has 1 N–H and O–H groups in total. The standard InChI is InChI=1S/C16H20F3N/c1-11(2)13(10-20-14-7-8-14)9-12-5-3-4-6-15(12)16(17,18)19/h3-6,9,11,14,20H,7-8,10H2,1-2H3. The summed E-state index contributed by atoms with van der Waals surface area (Å²) in [6.45, 7) is 4.68. The fourth-order valence-corrected chi connectivity index (χ4v) is 2.05. The Morgan fingerprint density at radius 2 is 1.95 bits per heavy atom. The maximum Gasteiger partial charge on any atom is 0.416 e. The van der Waals surface area contributed by atoms with Crippen molar-refractivity contribution in [3.05, 3.63) is 41.0 Å². The zero-order valence-electron chi connectivity index (χ0n) is 11.8. The van der Waals surface area contributed by atoms with Crippen LogP contribution in [0.25, 0.3) is 6.08 Å². The quantitative estimate of drug-likeness (QED) is 0.839. The van der Waals surface area contributed by atoms with Crippen LogP contribution in [-0.4, -0.2) is 12.6 Å². The number of halogens is 3. The summed E-state index contributed by atoms with van der Waals surface area (Å²) in [6, 6.07) is 6.29. The van der Waals surface area contributed by atoms with E-state index in [4.69, 9.17) is 0 Å². The molecule has 0 saturated heterocycles. The summed E-state index contributed by atoms with van der Waals surface area (Å²) >= 11 is 0. The maximum atomic E-state index is 13.0. The van der Waals surface area contributed by atoms with Crippen LogP contribution in [0.2, 0.25) is 0 Å². The largest absolute Gasteiger partial charge is 0.416 e. The number of hydrogen-bond acceptors (Lipinski definition) is 1. The van der Waals surface area contributed by atoms with Gasteiger partial charge in [-0.1, -0.05) is 43.7 Å². The molecule has 1 saturated carbocycles. The van der Waals surface area contributed by atoms with Gasteiger partial charge >= 0.3 is 6.18 Å². The average Bonchev–Trinajstić information content (AvgIpc) is 3.17. The molecule has 0 spiro atoms. The first-order valence-corrected chi connectivity index (χ1v) is 6.98. The van der Waals surface area contributed by atoms with E-state index in [0.717, 1.165) is 11.6 Å². The predicted octanol–water partition coefficient (Wildman–Crippen LogP) is 4.50. The van der Waals surface area contributed by atoms with E-state index in [2.05, 4.69) is 5.32 Å². The smallest absolute Gasteiger partial charge is 0.310 e. The SMILES string of the molecule is CC(C)C(=Cc1ccccc1C(F)(F)F)CNC1CC1. The fourth-order valence-electron chi connectivity index (χ4n) is 2.05. The van der Waals surface area contributed by atoms with Crippen LogP contribution in [0.1, 0.15) is 37.8 Å². The number of rotatable bonds is 5. The fraction of sp³-hybridized carbons (Fsp3) is 0.500. The highest BCUT2D eigenvalue weighted by molar-refractivity contribution is 5.58. The second-order valence-electron chi connectivity index (χ2n) is 5.61. The molecule has 110 valence electrons. The molecular formula is C16H20F3N. The molecule has 1 nitrogen and oxygen atoms in total. The molecule has 0 unspecified atom stereocenters. The van der Waals surface area contributed by atoms with Gasteiger partial charge in [0.2, 0.25) is 0 Å². The molecule has 0 aromatic heterocycles. The molecule has 0 amide bonds. The first-order chi connectivity index (χ1) is 9.38. The molecule has 0 bridgehead atoms. The summed E-state index contributed by atoms with van der Waals surface area (Å²) in [6.07, 6.45) is -0.281. The van der Waals surface area contributed by atoms with E-state index < -0.39 is 11.7 Å². The van der Waals surface area contributed by atoms with Crippen molar-refractivity contribution in [3.8, 4) is 0 Å². The lowest BCUT2D eigenvalue weighted by Crippen LogP contribution is -2.21. The molecule has 1 aliphatic carbocycles. The summed E-state index contributed by atoms with van der Waals surface area (Å²) in [5.74, 6) is 0.225. The van der Waals surface area contributed by atoms with Crippen LogP contribution in [0.5, 0.6) is 0 Å². The third kappa shape index (κ3) is 4.10. The van der Waals surface area contributed by atoms with Crippen LogP contribution >= 0.6 is 0 Å². The van der Waals surface area contributed by atoms with Crippen molar-refractivity contribution in [1.29, 1.82) is 0 Å². The second-order valence-corrected chi connectivity index (χ2v) is 5.61. The highest BCUT2D eigenvalue weighted by Gasteiger charge is 2.32. The normalized spacial score (nSPS) is 16.8. The molecule has 1 aliphatic rings. The third-order valence-corrected chi connectivity index (χ3v) is 3.52. The molecule has 0 atom stereocenters. The lowest BCUT2D eigenvalue weighted by atomic mass is 9.97. The van der Waals surface area contributed by atoms with Gasteiger partial charge in [0.15, 0.2) is 0 Å². The van der Waals surface area contributed by atoms with Crippen molar-refractivity contribution in [3.63, 3.8) is 0 Å². The van der Waals surface area contributed by atoms with Crippen LogP contribution in [0, 0.1) is 5.92 Å². The van der Waals surface area contributed by atoms with Crippen LogP contribution in [0.4, 0.5) is 13.2 Å². The molecule has 1 aromatic carbocycles. The summed E-state index contributed by atoms with van der Waals surface area (Å²) in [5.41, 5.74) is 0.694. The Kier molecular flexibility index (Phi) is 4.53. The van der Waals surface area contributed by atoms with Crippen molar-refractivity contribution in [2.24, 2.45) is 5.92 Å². The molecule has 0 aliphatic heterocycles. The number of benzene rings is 1. The van der Waals surface area contributed by atoms with E-state index in [-0.39, 0.29) is 11.5 Å². The van der Waals surface area contributed by atoms with Gasteiger partial charge in [-0.2, -0.15) is 13.2 Å². The molecular weight excluding hydrogens is 263 g/mol. The van der Waals surface area contributed by atoms with E-state index in [9.17, 15) is 13.2 Å². The zero-order chi connectivity index (χ0) is 14.8. The minimum absolute atomic E-state index is 0.225. The van der Waals surface area contributed by atoms with Gasteiger partial charge in [-0.15, -0.1) is 0 Å². The molecule has 1 fully saturated rings. The van der Waals surface area contributed by atoms with E-state index in [1.807, 2.05) is 13.8 Å². The topological polar surface area (TPSA) is 12.0 Å². The van der Waals surface area contributed by atoms with E-state index >= 15 is 0 Å². The second kappa shape index (κ2) is 6.00. The highest BCUT2D eigenvalue weighted by Crippen LogP contribution is 2.33. The monoisotopic (exact) mass is 283 g/mol. The van der Waals surface area contributed by atoms with Gasteiger partial charge in [-0.3, -0.25) is 0 Å². The van der Waals surface area contributed by atoms with Crippen molar-refractivity contribution >= 4 is 6.08 Å². The van der Waals surface area contributed by atoms with Crippen LogP contribution in [-0.2, 0) is 6.18 Å². The Morgan fingerprint density at radius 1 is 1.30 bits per heavy atom. The molecule has 1 aromatic rings. The Labute approximate surface area is 117 Å². The van der Waals surface area contributed by atoms with Gasteiger partial charge in [0.25, 0.3) is 0 Å². The highest BCUT2D eigenvalue weighted by atomic mass is 19.4. The molecule has 0 radical (unpaired) electrons. The van der Waals surface area contributed by atoms with Gasteiger partial charge in [0.1, 0.15) is 0 Å².